The maximum absolute atomic E-state index is 6.78. The minimum absolute atomic E-state index is 0.0668. The normalized spacial score (nSPS) is 18.2. The lowest BCUT2D eigenvalue weighted by atomic mass is 9.99. The number of hydrogen-bond acceptors (Lipinski definition) is 6. The van der Waals surface area contributed by atoms with E-state index < -0.39 is 0 Å². The number of hydrogen-bond donors (Lipinski definition) is 3. The highest BCUT2D eigenvalue weighted by molar-refractivity contribution is 7.25. The summed E-state index contributed by atoms with van der Waals surface area (Å²) in [7, 11) is 0. The molecule has 0 radical (unpaired) electrons. The topological polar surface area (TPSA) is 62.4 Å². The van der Waals surface area contributed by atoms with Crippen molar-refractivity contribution in [2.45, 2.75) is 18.5 Å². The molecule has 1 aliphatic heterocycles. The van der Waals surface area contributed by atoms with Crippen LogP contribution in [-0.2, 0) is 0 Å². The molecule has 0 amide bonds. The molecule has 10 aromatic rings. The van der Waals surface area contributed by atoms with Gasteiger partial charge in [0.25, 0.3) is 0 Å². The summed E-state index contributed by atoms with van der Waals surface area (Å²) in [6.07, 6.45) is -0.290. The summed E-state index contributed by atoms with van der Waals surface area (Å²) in [5.74, 6) is 0. The van der Waals surface area contributed by atoms with E-state index in [9.17, 15) is 0 Å². The van der Waals surface area contributed by atoms with Crippen molar-refractivity contribution in [3.8, 4) is 11.1 Å². The summed E-state index contributed by atoms with van der Waals surface area (Å²) in [5, 5.41) is 18.6. The van der Waals surface area contributed by atoms with Crippen molar-refractivity contribution in [1.29, 1.82) is 0 Å². The fourth-order valence-corrected chi connectivity index (χ4v) is 9.11. The Kier molecular flexibility index (Phi) is 6.48. The van der Waals surface area contributed by atoms with Crippen molar-refractivity contribution in [1.82, 2.24) is 16.0 Å². The molecule has 0 bridgehead atoms. The summed E-state index contributed by atoms with van der Waals surface area (Å²) >= 11 is 1.85. The molecule has 3 unspecified atom stereocenters. The highest BCUT2D eigenvalue weighted by Gasteiger charge is 2.30. The van der Waals surface area contributed by atoms with Gasteiger partial charge in [-0.05, 0) is 41.0 Å². The zero-order valence-corrected chi connectivity index (χ0v) is 28.2. The van der Waals surface area contributed by atoms with E-state index in [4.69, 9.17) is 8.83 Å². The Morgan fingerprint density at radius 3 is 1.65 bits per heavy atom. The molecule has 4 heterocycles. The quantitative estimate of drug-likeness (QED) is 0.173. The number of furan rings is 2. The Morgan fingerprint density at radius 1 is 0.373 bits per heavy atom. The number of benzene rings is 7. The van der Waals surface area contributed by atoms with Crippen LogP contribution in [0.25, 0.3) is 75.2 Å². The Balaban J connectivity index is 1.00. The molecule has 7 aromatic carbocycles. The van der Waals surface area contributed by atoms with Gasteiger partial charge in [-0.25, -0.2) is 0 Å². The van der Waals surface area contributed by atoms with Gasteiger partial charge in [-0.2, -0.15) is 0 Å². The van der Waals surface area contributed by atoms with Crippen LogP contribution in [0.4, 0.5) is 0 Å². The SMILES string of the molecule is c1ccc(C2NC(c3ccc4c(c3)oc3c(-c5cccc6c5oc5ccccc56)cccc34)NC(c3ccc4c(c3)sc3ccccc34)N2)cc1. The monoisotopic (exact) mass is 677 g/mol. The lowest BCUT2D eigenvalue weighted by Gasteiger charge is -2.39. The van der Waals surface area contributed by atoms with Crippen LogP contribution in [0.3, 0.4) is 0 Å². The lowest BCUT2D eigenvalue weighted by molar-refractivity contribution is 0.203. The molecule has 3 aromatic heterocycles. The average Bonchev–Trinajstić information content (AvgIpc) is 3.88. The third-order valence-corrected chi connectivity index (χ3v) is 11.6. The van der Waals surface area contributed by atoms with Gasteiger partial charge in [0, 0.05) is 52.8 Å². The van der Waals surface area contributed by atoms with E-state index in [-0.39, 0.29) is 18.5 Å². The van der Waals surface area contributed by atoms with Gasteiger partial charge in [0.05, 0.1) is 18.5 Å². The Bertz CT molecular complexity index is 2940. The van der Waals surface area contributed by atoms with Crippen LogP contribution in [0.1, 0.15) is 35.2 Å². The number of thiophene rings is 1. The molecule has 1 fully saturated rings. The van der Waals surface area contributed by atoms with Crippen LogP contribution >= 0.6 is 11.3 Å². The van der Waals surface area contributed by atoms with Gasteiger partial charge >= 0.3 is 0 Å². The standard InChI is InChI=1S/C45H31N3O2S/c1-2-10-26(11-3-1)43-46-44(48-45(47-43)28-21-23-32-31-13-5-7-19-39(31)51-40(32)25-28)27-20-22-30-34-15-9-17-36(42(34)50-38(30)24-27)35-16-8-14-33-29-12-4-6-18-37(29)49-41(33)35/h1-25,43-48H. The van der Waals surface area contributed by atoms with Gasteiger partial charge in [0.1, 0.15) is 22.3 Å². The van der Waals surface area contributed by atoms with Gasteiger partial charge in [-0.15, -0.1) is 11.3 Å². The first-order chi connectivity index (χ1) is 25.2. The van der Waals surface area contributed by atoms with E-state index in [1.54, 1.807) is 0 Å². The second-order valence-electron chi connectivity index (χ2n) is 13.4. The van der Waals surface area contributed by atoms with E-state index in [2.05, 4.69) is 155 Å². The number of para-hydroxylation sites is 3. The molecule has 3 atom stereocenters. The molecule has 0 aliphatic carbocycles. The third-order valence-electron chi connectivity index (χ3n) is 10.4. The summed E-state index contributed by atoms with van der Waals surface area (Å²) in [6.45, 7) is 0. The summed E-state index contributed by atoms with van der Waals surface area (Å²) in [4.78, 5) is 0. The number of fused-ring (bicyclic) bond motifs is 9. The van der Waals surface area contributed by atoms with E-state index in [0.717, 1.165) is 60.6 Å². The van der Waals surface area contributed by atoms with Crippen LogP contribution in [0.5, 0.6) is 0 Å². The molecule has 6 heteroatoms. The van der Waals surface area contributed by atoms with Crippen molar-refractivity contribution in [3.63, 3.8) is 0 Å². The molecule has 244 valence electrons. The Hall–Kier alpha value is -5.76. The molecule has 5 nitrogen and oxygen atoms in total. The molecular weight excluding hydrogens is 647 g/mol. The minimum atomic E-state index is -0.138. The van der Waals surface area contributed by atoms with Crippen LogP contribution < -0.4 is 16.0 Å². The summed E-state index contributed by atoms with van der Waals surface area (Å²) in [6, 6.07) is 53.7. The van der Waals surface area contributed by atoms with Crippen molar-refractivity contribution in [2.24, 2.45) is 0 Å². The highest BCUT2D eigenvalue weighted by Crippen LogP contribution is 2.42. The minimum Gasteiger partial charge on any atom is -0.455 e. The average molecular weight is 678 g/mol. The molecule has 51 heavy (non-hydrogen) atoms. The first-order valence-electron chi connectivity index (χ1n) is 17.4. The first-order valence-corrected chi connectivity index (χ1v) is 18.2. The van der Waals surface area contributed by atoms with Crippen LogP contribution in [0.2, 0.25) is 0 Å². The van der Waals surface area contributed by atoms with Gasteiger partial charge in [0.15, 0.2) is 0 Å². The van der Waals surface area contributed by atoms with E-state index in [0.29, 0.717) is 0 Å². The van der Waals surface area contributed by atoms with Gasteiger partial charge in [-0.3, -0.25) is 16.0 Å². The molecule has 0 spiro atoms. The van der Waals surface area contributed by atoms with Crippen LogP contribution in [-0.4, -0.2) is 0 Å². The van der Waals surface area contributed by atoms with Gasteiger partial charge in [-0.1, -0.05) is 127 Å². The second kappa shape index (κ2) is 11.4. The Labute approximate surface area is 297 Å². The molecule has 3 N–H and O–H groups in total. The smallest absolute Gasteiger partial charge is 0.143 e. The summed E-state index contributed by atoms with van der Waals surface area (Å²) in [5.41, 5.74) is 9.03. The summed E-state index contributed by atoms with van der Waals surface area (Å²) < 4.78 is 15.8. The predicted octanol–water partition coefficient (Wildman–Crippen LogP) is 11.7. The van der Waals surface area contributed by atoms with Crippen LogP contribution in [0, 0.1) is 0 Å². The predicted molar refractivity (Wildman–Crippen MR) is 210 cm³/mol. The van der Waals surface area contributed by atoms with Gasteiger partial charge < -0.3 is 8.83 Å². The molecule has 11 rings (SSSR count). The van der Waals surface area contributed by atoms with Gasteiger partial charge in [0.2, 0.25) is 0 Å². The van der Waals surface area contributed by atoms with E-state index in [1.807, 2.05) is 23.5 Å². The largest absolute Gasteiger partial charge is 0.455 e. The Morgan fingerprint density at radius 2 is 0.902 bits per heavy atom. The highest BCUT2D eigenvalue weighted by atomic mass is 32.1. The first kappa shape index (κ1) is 29.0. The van der Waals surface area contributed by atoms with Crippen molar-refractivity contribution >= 4 is 75.4 Å². The number of nitrogens with one attached hydrogen (secondary N) is 3. The lowest BCUT2D eigenvalue weighted by Crippen LogP contribution is -2.54. The fourth-order valence-electron chi connectivity index (χ4n) is 7.96. The second-order valence-corrected chi connectivity index (χ2v) is 14.5. The van der Waals surface area contributed by atoms with Crippen LogP contribution in [0.15, 0.2) is 160 Å². The van der Waals surface area contributed by atoms with Crippen molar-refractivity contribution < 1.29 is 8.83 Å². The third kappa shape index (κ3) is 4.65. The molecular formula is C45H31N3O2S. The van der Waals surface area contributed by atoms with Crippen molar-refractivity contribution in [2.75, 3.05) is 0 Å². The maximum atomic E-state index is 6.78. The molecule has 0 saturated carbocycles. The number of rotatable bonds is 4. The zero-order valence-electron chi connectivity index (χ0n) is 27.4. The molecule has 1 aliphatic rings. The van der Waals surface area contributed by atoms with E-state index >= 15 is 0 Å². The molecule has 1 saturated heterocycles. The fraction of sp³-hybridized carbons (Fsp3) is 0.0667. The maximum Gasteiger partial charge on any atom is 0.143 e. The zero-order chi connectivity index (χ0) is 33.5. The van der Waals surface area contributed by atoms with E-state index in [1.165, 1.54) is 31.3 Å². The van der Waals surface area contributed by atoms with Crippen molar-refractivity contribution in [3.05, 3.63) is 168 Å².